The topological polar surface area (TPSA) is 96.5 Å². The van der Waals surface area contributed by atoms with Crippen molar-refractivity contribution >= 4 is 28.4 Å². The van der Waals surface area contributed by atoms with Crippen LogP contribution in [0.1, 0.15) is 5.56 Å². The van der Waals surface area contributed by atoms with E-state index < -0.39 is 4.92 Å². The van der Waals surface area contributed by atoms with Gasteiger partial charge in [0.15, 0.2) is 22.8 Å². The maximum absolute atomic E-state index is 13.3. The van der Waals surface area contributed by atoms with Crippen molar-refractivity contribution in [2.24, 2.45) is 0 Å². The summed E-state index contributed by atoms with van der Waals surface area (Å²) in [5, 5.41) is 12.1. The van der Waals surface area contributed by atoms with E-state index >= 15 is 0 Å². The number of para-hydroxylation sites is 3. The Morgan fingerprint density at radius 3 is 2.70 bits per heavy atom. The van der Waals surface area contributed by atoms with Gasteiger partial charge in [0.25, 0.3) is 11.2 Å². The van der Waals surface area contributed by atoms with E-state index in [1.54, 1.807) is 22.8 Å². The number of nitro benzene ring substituents is 1. The average molecular weight is 461 g/mol. The molecule has 0 saturated carbocycles. The minimum absolute atomic E-state index is 0.0309. The SMILES string of the molecule is O=c1c2ccccc2nc(SCc2cccc([N+](=O)[O-])c2)n1C[C@H]1COc2ccccc2O1. The summed E-state index contributed by atoms with van der Waals surface area (Å²) in [6, 6.07) is 21.1. The molecular weight excluding hydrogens is 442 g/mol. The molecule has 0 amide bonds. The number of aromatic nitrogens is 2. The standard InChI is InChI=1S/C24H19N3O5S/c28-23-19-8-1-2-9-20(19)25-24(33-15-16-6-5-7-17(12-16)27(29)30)26(23)13-18-14-31-21-10-3-4-11-22(21)32-18/h1-12,18H,13-15H2/t18-/m0/s1. The summed E-state index contributed by atoms with van der Waals surface area (Å²) in [6.45, 7) is 0.577. The van der Waals surface area contributed by atoms with Crippen LogP contribution in [0, 0.1) is 10.1 Å². The van der Waals surface area contributed by atoms with Gasteiger partial charge in [0.05, 0.1) is 22.4 Å². The van der Waals surface area contributed by atoms with Crippen LogP contribution < -0.4 is 15.0 Å². The molecule has 0 radical (unpaired) electrons. The van der Waals surface area contributed by atoms with Gasteiger partial charge in [0, 0.05) is 17.9 Å². The van der Waals surface area contributed by atoms with Gasteiger partial charge in [-0.25, -0.2) is 4.98 Å². The smallest absolute Gasteiger partial charge is 0.269 e. The van der Waals surface area contributed by atoms with E-state index in [0.29, 0.717) is 39.9 Å². The summed E-state index contributed by atoms with van der Waals surface area (Å²) >= 11 is 1.36. The Morgan fingerprint density at radius 1 is 1.06 bits per heavy atom. The molecule has 9 heteroatoms. The summed E-state index contributed by atoms with van der Waals surface area (Å²) in [5.74, 6) is 1.75. The minimum atomic E-state index is -0.420. The number of rotatable bonds is 6. The molecule has 3 aromatic carbocycles. The van der Waals surface area contributed by atoms with Crippen molar-refractivity contribution in [1.82, 2.24) is 9.55 Å². The second-order valence-corrected chi connectivity index (χ2v) is 8.48. The molecular formula is C24H19N3O5S. The fourth-order valence-electron chi connectivity index (χ4n) is 3.68. The largest absolute Gasteiger partial charge is 0.486 e. The van der Waals surface area contributed by atoms with Crippen LogP contribution in [0.25, 0.3) is 10.9 Å². The lowest BCUT2D eigenvalue weighted by Crippen LogP contribution is -2.37. The Labute approximate surface area is 192 Å². The molecule has 1 atom stereocenters. The summed E-state index contributed by atoms with van der Waals surface area (Å²) in [5.41, 5.74) is 1.24. The quantitative estimate of drug-likeness (QED) is 0.181. The Kier molecular flexibility index (Phi) is 5.70. The van der Waals surface area contributed by atoms with Gasteiger partial charge < -0.3 is 9.47 Å². The zero-order valence-electron chi connectivity index (χ0n) is 17.4. The van der Waals surface area contributed by atoms with Gasteiger partial charge in [-0.1, -0.05) is 48.2 Å². The van der Waals surface area contributed by atoms with E-state index in [9.17, 15) is 14.9 Å². The Balaban J connectivity index is 1.46. The Morgan fingerprint density at radius 2 is 1.85 bits per heavy atom. The molecule has 1 aliphatic heterocycles. The van der Waals surface area contributed by atoms with Crippen LogP contribution in [0.15, 0.2) is 82.7 Å². The van der Waals surface area contributed by atoms with Gasteiger partial charge in [-0.05, 0) is 29.8 Å². The van der Waals surface area contributed by atoms with Gasteiger partial charge in [-0.2, -0.15) is 0 Å². The Hall–Kier alpha value is -3.85. The predicted molar refractivity (Wildman–Crippen MR) is 125 cm³/mol. The molecule has 0 N–H and O–H groups in total. The van der Waals surface area contributed by atoms with Crippen LogP contribution >= 0.6 is 11.8 Å². The molecule has 1 aliphatic rings. The van der Waals surface area contributed by atoms with Gasteiger partial charge in [-0.15, -0.1) is 0 Å². The lowest BCUT2D eigenvalue weighted by Gasteiger charge is -2.27. The highest BCUT2D eigenvalue weighted by Gasteiger charge is 2.23. The summed E-state index contributed by atoms with van der Waals surface area (Å²) in [6.07, 6.45) is -0.363. The third kappa shape index (κ3) is 4.40. The second-order valence-electron chi connectivity index (χ2n) is 7.54. The molecule has 0 spiro atoms. The normalized spacial score (nSPS) is 14.8. The van der Waals surface area contributed by atoms with Crippen molar-refractivity contribution in [3.63, 3.8) is 0 Å². The highest BCUT2D eigenvalue weighted by atomic mass is 32.2. The number of non-ortho nitro benzene ring substituents is 1. The van der Waals surface area contributed by atoms with E-state index in [2.05, 4.69) is 0 Å². The van der Waals surface area contributed by atoms with Crippen molar-refractivity contribution in [3.8, 4) is 11.5 Å². The number of benzene rings is 3. The van der Waals surface area contributed by atoms with Crippen LogP contribution in [-0.2, 0) is 12.3 Å². The van der Waals surface area contributed by atoms with Crippen LogP contribution in [0.2, 0.25) is 0 Å². The first kappa shape index (κ1) is 21.0. The summed E-state index contributed by atoms with van der Waals surface area (Å²) in [4.78, 5) is 28.7. The van der Waals surface area contributed by atoms with Crippen molar-refractivity contribution in [2.75, 3.05) is 6.61 Å². The molecule has 8 nitrogen and oxygen atoms in total. The van der Waals surface area contributed by atoms with E-state index in [0.717, 1.165) is 5.56 Å². The van der Waals surface area contributed by atoms with Gasteiger partial charge in [0.2, 0.25) is 0 Å². The van der Waals surface area contributed by atoms with Crippen molar-refractivity contribution in [2.45, 2.75) is 23.6 Å². The molecule has 0 aliphatic carbocycles. The molecule has 4 aromatic rings. The predicted octanol–water partition coefficient (Wildman–Crippen LogP) is 4.44. The Bertz CT molecular complexity index is 1400. The third-order valence-corrected chi connectivity index (χ3v) is 6.32. The number of hydrogen-bond acceptors (Lipinski definition) is 7. The molecule has 5 rings (SSSR count). The van der Waals surface area contributed by atoms with Crippen LogP contribution in [-0.4, -0.2) is 27.2 Å². The number of ether oxygens (including phenoxy) is 2. The van der Waals surface area contributed by atoms with Crippen molar-refractivity contribution < 1.29 is 14.4 Å². The first-order valence-electron chi connectivity index (χ1n) is 10.3. The summed E-state index contributed by atoms with van der Waals surface area (Å²) < 4.78 is 13.5. The van der Waals surface area contributed by atoms with E-state index in [-0.39, 0.29) is 23.9 Å². The molecule has 1 aromatic heterocycles. The highest BCUT2D eigenvalue weighted by Crippen LogP contribution is 2.32. The lowest BCUT2D eigenvalue weighted by molar-refractivity contribution is -0.384. The fourth-order valence-corrected chi connectivity index (χ4v) is 4.63. The van der Waals surface area contributed by atoms with Crippen molar-refractivity contribution in [3.05, 3.63) is 98.8 Å². The molecule has 2 heterocycles. The fraction of sp³-hybridized carbons (Fsp3) is 0.167. The van der Waals surface area contributed by atoms with Gasteiger partial charge in [0.1, 0.15) is 6.61 Å². The summed E-state index contributed by atoms with van der Waals surface area (Å²) in [7, 11) is 0. The number of fused-ring (bicyclic) bond motifs is 2. The number of nitro groups is 1. The average Bonchev–Trinajstić information content (AvgIpc) is 2.85. The third-order valence-electron chi connectivity index (χ3n) is 5.27. The first-order valence-corrected chi connectivity index (χ1v) is 11.3. The molecule has 33 heavy (non-hydrogen) atoms. The van der Waals surface area contributed by atoms with Gasteiger partial charge in [-0.3, -0.25) is 19.5 Å². The molecule has 166 valence electrons. The maximum atomic E-state index is 13.3. The molecule has 0 saturated heterocycles. The molecule has 0 fully saturated rings. The van der Waals surface area contributed by atoms with Crippen LogP contribution in [0.3, 0.4) is 0 Å². The minimum Gasteiger partial charge on any atom is -0.486 e. The van der Waals surface area contributed by atoms with Gasteiger partial charge >= 0.3 is 0 Å². The monoisotopic (exact) mass is 461 g/mol. The molecule has 0 unspecified atom stereocenters. The van der Waals surface area contributed by atoms with E-state index in [4.69, 9.17) is 14.5 Å². The van der Waals surface area contributed by atoms with Crippen molar-refractivity contribution in [1.29, 1.82) is 0 Å². The number of hydrogen-bond donors (Lipinski definition) is 0. The molecule has 0 bridgehead atoms. The maximum Gasteiger partial charge on any atom is 0.269 e. The number of nitrogens with zero attached hydrogens (tertiary/aromatic N) is 3. The highest BCUT2D eigenvalue weighted by molar-refractivity contribution is 7.98. The zero-order chi connectivity index (χ0) is 22.8. The zero-order valence-corrected chi connectivity index (χ0v) is 18.2. The van der Waals surface area contributed by atoms with Crippen LogP contribution in [0.4, 0.5) is 5.69 Å². The van der Waals surface area contributed by atoms with E-state index in [1.165, 1.54) is 23.9 Å². The van der Waals surface area contributed by atoms with Crippen LogP contribution in [0.5, 0.6) is 11.5 Å². The second kappa shape index (κ2) is 8.95. The first-order chi connectivity index (χ1) is 16.1. The van der Waals surface area contributed by atoms with E-state index in [1.807, 2.05) is 42.5 Å². The number of thioether (sulfide) groups is 1. The lowest BCUT2D eigenvalue weighted by atomic mass is 10.2.